The second-order valence-corrected chi connectivity index (χ2v) is 6.90. The van der Waals surface area contributed by atoms with Crippen LogP contribution in [0.15, 0.2) is 22.8 Å². The second-order valence-electron chi connectivity index (χ2n) is 5.93. The van der Waals surface area contributed by atoms with E-state index in [4.69, 9.17) is 13.9 Å². The molecule has 0 aliphatic carbocycles. The minimum Gasteiger partial charge on any atom is -0.463 e. The summed E-state index contributed by atoms with van der Waals surface area (Å²) in [4.78, 5) is 18.2. The summed E-state index contributed by atoms with van der Waals surface area (Å²) < 4.78 is 17.1. The average molecular weight is 349 g/mol. The molecule has 2 aromatic rings. The quantitative estimate of drug-likeness (QED) is 0.918. The predicted molar refractivity (Wildman–Crippen MR) is 90.2 cm³/mol. The molecular weight excluding hydrogens is 330 g/mol. The molecule has 2 aliphatic heterocycles. The lowest BCUT2D eigenvalue weighted by molar-refractivity contribution is -0.169. The van der Waals surface area contributed by atoms with Crippen molar-refractivity contribution in [2.45, 2.75) is 25.6 Å². The minimum atomic E-state index is -0.410. The maximum atomic E-state index is 11.4. The first kappa shape index (κ1) is 15.6. The highest BCUT2D eigenvalue weighted by atomic mass is 32.1. The van der Waals surface area contributed by atoms with Gasteiger partial charge in [-0.15, -0.1) is 0 Å². The van der Waals surface area contributed by atoms with E-state index in [-0.39, 0.29) is 5.91 Å². The zero-order valence-electron chi connectivity index (χ0n) is 13.4. The van der Waals surface area contributed by atoms with E-state index in [1.807, 2.05) is 12.1 Å². The standard InChI is InChI=1S/C16H19N3O4S/c1-11(20)17-15-18-13(12-3-2-8-21-12)14(24-15)19-6-4-16(5-7-19)22-9-10-23-16/h2-3,8H,4-7,9-10H2,1H3,(H,17,18,20). The van der Waals surface area contributed by atoms with Crippen LogP contribution in [0.5, 0.6) is 0 Å². The maximum Gasteiger partial charge on any atom is 0.223 e. The molecule has 8 heteroatoms. The number of thiazole rings is 1. The van der Waals surface area contributed by atoms with E-state index in [1.165, 1.54) is 18.3 Å². The topological polar surface area (TPSA) is 76.8 Å². The van der Waals surface area contributed by atoms with Gasteiger partial charge in [0.25, 0.3) is 0 Å². The number of furan rings is 1. The molecule has 4 heterocycles. The van der Waals surface area contributed by atoms with Gasteiger partial charge in [-0.25, -0.2) is 4.98 Å². The monoisotopic (exact) mass is 349 g/mol. The van der Waals surface area contributed by atoms with Crippen LogP contribution in [0.2, 0.25) is 0 Å². The molecule has 0 atom stereocenters. The van der Waals surface area contributed by atoms with E-state index in [9.17, 15) is 4.79 Å². The SMILES string of the molecule is CC(=O)Nc1nc(-c2ccco2)c(N2CCC3(CC2)OCCO3)s1. The highest BCUT2D eigenvalue weighted by Gasteiger charge is 2.40. The first-order chi connectivity index (χ1) is 11.7. The molecule has 2 saturated heterocycles. The van der Waals surface area contributed by atoms with Gasteiger partial charge in [-0.05, 0) is 12.1 Å². The van der Waals surface area contributed by atoms with Gasteiger partial charge in [0.1, 0.15) is 10.7 Å². The Morgan fingerprint density at radius 1 is 1.33 bits per heavy atom. The van der Waals surface area contributed by atoms with Crippen molar-refractivity contribution in [3.63, 3.8) is 0 Å². The van der Waals surface area contributed by atoms with Gasteiger partial charge in [0.15, 0.2) is 16.7 Å². The Bertz CT molecular complexity index is 712. The first-order valence-electron chi connectivity index (χ1n) is 8.00. The van der Waals surface area contributed by atoms with Crippen molar-refractivity contribution in [2.75, 3.05) is 36.5 Å². The molecule has 0 unspecified atom stereocenters. The number of carbonyl (C=O) groups excluding carboxylic acids is 1. The number of hydrogen-bond acceptors (Lipinski definition) is 7. The number of nitrogens with one attached hydrogen (secondary N) is 1. The summed E-state index contributed by atoms with van der Waals surface area (Å²) in [5.41, 5.74) is 0.762. The summed E-state index contributed by atoms with van der Waals surface area (Å²) in [6.07, 6.45) is 3.26. The molecule has 1 amide bonds. The lowest BCUT2D eigenvalue weighted by Crippen LogP contribution is -2.45. The molecule has 4 rings (SSSR count). The molecular formula is C16H19N3O4S. The lowest BCUT2D eigenvalue weighted by atomic mass is 10.0. The zero-order valence-corrected chi connectivity index (χ0v) is 14.2. The average Bonchev–Trinajstić information content (AvgIpc) is 3.28. The third-order valence-electron chi connectivity index (χ3n) is 4.27. The number of hydrogen-bond donors (Lipinski definition) is 1. The van der Waals surface area contributed by atoms with E-state index < -0.39 is 5.79 Å². The predicted octanol–water partition coefficient (Wildman–Crippen LogP) is 2.70. The van der Waals surface area contributed by atoms with E-state index in [0.717, 1.165) is 36.6 Å². The summed E-state index contributed by atoms with van der Waals surface area (Å²) in [6.45, 7) is 4.45. The highest BCUT2D eigenvalue weighted by molar-refractivity contribution is 7.20. The fourth-order valence-electron chi connectivity index (χ4n) is 3.14. The van der Waals surface area contributed by atoms with Crippen LogP contribution < -0.4 is 10.2 Å². The highest BCUT2D eigenvalue weighted by Crippen LogP contribution is 2.42. The van der Waals surface area contributed by atoms with Crippen LogP contribution in [0.3, 0.4) is 0 Å². The van der Waals surface area contributed by atoms with Gasteiger partial charge >= 0.3 is 0 Å². The Balaban J connectivity index is 1.59. The molecule has 2 aromatic heterocycles. The normalized spacial score (nSPS) is 19.8. The number of aromatic nitrogens is 1. The van der Waals surface area contributed by atoms with Crippen molar-refractivity contribution in [1.29, 1.82) is 0 Å². The molecule has 1 N–H and O–H groups in total. The summed E-state index contributed by atoms with van der Waals surface area (Å²) in [5.74, 6) is 0.158. The molecule has 128 valence electrons. The fraction of sp³-hybridized carbons (Fsp3) is 0.500. The second kappa shape index (κ2) is 6.19. The van der Waals surface area contributed by atoms with Gasteiger partial charge < -0.3 is 24.1 Å². The molecule has 2 aliphatic rings. The number of rotatable bonds is 3. The smallest absolute Gasteiger partial charge is 0.223 e. The fourth-order valence-corrected chi connectivity index (χ4v) is 4.21. The number of nitrogens with zero attached hydrogens (tertiary/aromatic N) is 2. The molecule has 0 radical (unpaired) electrons. The Labute approximate surface area is 143 Å². The summed E-state index contributed by atoms with van der Waals surface area (Å²) in [7, 11) is 0. The maximum absolute atomic E-state index is 11.4. The van der Waals surface area contributed by atoms with E-state index in [1.54, 1.807) is 6.26 Å². The Morgan fingerprint density at radius 2 is 2.08 bits per heavy atom. The first-order valence-corrected chi connectivity index (χ1v) is 8.82. The minimum absolute atomic E-state index is 0.133. The number of piperidine rings is 1. The van der Waals surface area contributed by atoms with Gasteiger partial charge in [-0.1, -0.05) is 11.3 Å². The zero-order chi connectivity index (χ0) is 16.6. The molecule has 0 bridgehead atoms. The van der Waals surface area contributed by atoms with E-state index in [0.29, 0.717) is 24.1 Å². The van der Waals surface area contributed by atoms with Gasteiger partial charge in [-0.2, -0.15) is 0 Å². The van der Waals surface area contributed by atoms with Gasteiger partial charge in [0.05, 0.1) is 19.5 Å². The van der Waals surface area contributed by atoms with Crippen molar-refractivity contribution in [3.8, 4) is 11.5 Å². The van der Waals surface area contributed by atoms with Gasteiger partial charge in [-0.3, -0.25) is 4.79 Å². The molecule has 1 spiro atoms. The van der Waals surface area contributed by atoms with Gasteiger partial charge in [0.2, 0.25) is 5.91 Å². The molecule has 24 heavy (non-hydrogen) atoms. The number of carbonyl (C=O) groups is 1. The van der Waals surface area contributed by atoms with Crippen LogP contribution in [-0.2, 0) is 14.3 Å². The van der Waals surface area contributed by atoms with Crippen molar-refractivity contribution >= 4 is 27.4 Å². The number of amides is 1. The van der Waals surface area contributed by atoms with Crippen molar-refractivity contribution < 1.29 is 18.7 Å². The van der Waals surface area contributed by atoms with Crippen LogP contribution in [0.4, 0.5) is 10.1 Å². The van der Waals surface area contributed by atoms with Crippen LogP contribution in [0.1, 0.15) is 19.8 Å². The van der Waals surface area contributed by atoms with Crippen LogP contribution in [-0.4, -0.2) is 43.0 Å². The van der Waals surface area contributed by atoms with Crippen molar-refractivity contribution in [2.24, 2.45) is 0 Å². The van der Waals surface area contributed by atoms with Crippen molar-refractivity contribution in [3.05, 3.63) is 18.4 Å². The summed E-state index contributed by atoms with van der Waals surface area (Å²) in [6, 6.07) is 3.71. The third-order valence-corrected chi connectivity index (χ3v) is 5.30. The molecule has 0 saturated carbocycles. The largest absolute Gasteiger partial charge is 0.463 e. The molecule has 7 nitrogen and oxygen atoms in total. The van der Waals surface area contributed by atoms with Crippen LogP contribution >= 0.6 is 11.3 Å². The molecule has 2 fully saturated rings. The van der Waals surface area contributed by atoms with Crippen LogP contribution in [0, 0.1) is 0 Å². The number of ether oxygens (including phenoxy) is 2. The third kappa shape index (κ3) is 2.92. The Kier molecular flexibility index (Phi) is 4.03. The van der Waals surface area contributed by atoms with Gasteiger partial charge in [0, 0.05) is 32.9 Å². The lowest BCUT2D eigenvalue weighted by Gasteiger charge is -2.38. The summed E-state index contributed by atoms with van der Waals surface area (Å²) >= 11 is 1.46. The Morgan fingerprint density at radius 3 is 2.71 bits per heavy atom. The van der Waals surface area contributed by atoms with Crippen molar-refractivity contribution in [1.82, 2.24) is 4.98 Å². The Hall–Kier alpha value is -1.90. The van der Waals surface area contributed by atoms with E-state index >= 15 is 0 Å². The number of anilines is 2. The molecule has 0 aromatic carbocycles. The van der Waals surface area contributed by atoms with E-state index in [2.05, 4.69) is 15.2 Å². The summed E-state index contributed by atoms with van der Waals surface area (Å²) in [5, 5.41) is 4.35. The van der Waals surface area contributed by atoms with Crippen LogP contribution in [0.25, 0.3) is 11.5 Å².